The lowest BCUT2D eigenvalue weighted by atomic mass is 9.80. The van der Waals surface area contributed by atoms with Gasteiger partial charge in [-0.3, -0.25) is 0 Å². The molecule has 1 atom stereocenters. The standard InChI is InChI=1S/C15H24O/c1-5-6-15(4,11-16)10-14-8-12(2)7-13(3)9-14/h7-9,16H,5-6,10-11H2,1-4H3. The molecule has 0 radical (unpaired) electrons. The van der Waals surface area contributed by atoms with E-state index < -0.39 is 0 Å². The molecule has 0 aliphatic carbocycles. The Morgan fingerprint density at radius 3 is 2.12 bits per heavy atom. The summed E-state index contributed by atoms with van der Waals surface area (Å²) in [6, 6.07) is 6.66. The Bertz CT molecular complexity index is 323. The lowest BCUT2D eigenvalue weighted by molar-refractivity contribution is 0.131. The lowest BCUT2D eigenvalue weighted by Gasteiger charge is -2.27. The van der Waals surface area contributed by atoms with E-state index in [-0.39, 0.29) is 12.0 Å². The fourth-order valence-corrected chi connectivity index (χ4v) is 2.49. The Hall–Kier alpha value is -0.820. The van der Waals surface area contributed by atoms with Gasteiger partial charge in [0.25, 0.3) is 0 Å². The molecule has 16 heavy (non-hydrogen) atoms. The molecule has 0 bridgehead atoms. The second kappa shape index (κ2) is 5.49. The van der Waals surface area contributed by atoms with Gasteiger partial charge in [0.05, 0.1) is 0 Å². The van der Waals surface area contributed by atoms with Crippen LogP contribution in [0.2, 0.25) is 0 Å². The molecular formula is C15H24O. The Morgan fingerprint density at radius 2 is 1.69 bits per heavy atom. The summed E-state index contributed by atoms with van der Waals surface area (Å²) >= 11 is 0. The van der Waals surface area contributed by atoms with Gasteiger partial charge in [0.15, 0.2) is 0 Å². The highest BCUT2D eigenvalue weighted by Crippen LogP contribution is 2.28. The first kappa shape index (κ1) is 13.2. The summed E-state index contributed by atoms with van der Waals surface area (Å²) in [6.07, 6.45) is 3.18. The van der Waals surface area contributed by atoms with Crippen LogP contribution in [0, 0.1) is 19.3 Å². The van der Waals surface area contributed by atoms with Crippen LogP contribution >= 0.6 is 0 Å². The van der Waals surface area contributed by atoms with Gasteiger partial charge in [-0.05, 0) is 37.7 Å². The van der Waals surface area contributed by atoms with Crippen molar-refractivity contribution in [3.05, 3.63) is 34.9 Å². The zero-order valence-electron chi connectivity index (χ0n) is 11.0. The van der Waals surface area contributed by atoms with Crippen molar-refractivity contribution < 1.29 is 5.11 Å². The summed E-state index contributed by atoms with van der Waals surface area (Å²) in [5.41, 5.74) is 4.01. The molecular weight excluding hydrogens is 196 g/mol. The molecule has 1 aromatic rings. The highest BCUT2D eigenvalue weighted by molar-refractivity contribution is 5.29. The first-order valence-corrected chi connectivity index (χ1v) is 6.17. The lowest BCUT2D eigenvalue weighted by Crippen LogP contribution is -2.24. The minimum Gasteiger partial charge on any atom is -0.396 e. The average molecular weight is 220 g/mol. The highest BCUT2D eigenvalue weighted by Gasteiger charge is 2.22. The van der Waals surface area contributed by atoms with E-state index >= 15 is 0 Å². The van der Waals surface area contributed by atoms with Gasteiger partial charge in [0.1, 0.15) is 0 Å². The molecule has 1 nitrogen and oxygen atoms in total. The minimum absolute atomic E-state index is 0.0367. The van der Waals surface area contributed by atoms with E-state index in [0.717, 1.165) is 19.3 Å². The molecule has 0 heterocycles. The van der Waals surface area contributed by atoms with Crippen LogP contribution in [0.25, 0.3) is 0 Å². The molecule has 0 amide bonds. The second-order valence-electron chi connectivity index (χ2n) is 5.39. The number of aliphatic hydroxyl groups excluding tert-OH is 1. The van der Waals surface area contributed by atoms with Gasteiger partial charge in [-0.1, -0.05) is 49.6 Å². The van der Waals surface area contributed by atoms with Gasteiger partial charge in [-0.15, -0.1) is 0 Å². The number of benzene rings is 1. The first-order chi connectivity index (χ1) is 7.49. The van der Waals surface area contributed by atoms with E-state index in [1.54, 1.807) is 0 Å². The van der Waals surface area contributed by atoms with Gasteiger partial charge in [0.2, 0.25) is 0 Å². The average Bonchev–Trinajstić information content (AvgIpc) is 2.16. The summed E-state index contributed by atoms with van der Waals surface area (Å²) < 4.78 is 0. The molecule has 0 spiro atoms. The fraction of sp³-hybridized carbons (Fsp3) is 0.600. The molecule has 1 unspecified atom stereocenters. The summed E-state index contributed by atoms with van der Waals surface area (Å²) in [5, 5.41) is 9.52. The third-order valence-electron chi connectivity index (χ3n) is 3.15. The minimum atomic E-state index is 0.0367. The zero-order valence-corrected chi connectivity index (χ0v) is 11.0. The monoisotopic (exact) mass is 220 g/mol. The summed E-state index contributed by atoms with van der Waals surface area (Å²) in [6.45, 7) is 8.89. The predicted octanol–water partition coefficient (Wildman–Crippen LogP) is 3.64. The van der Waals surface area contributed by atoms with Crippen LogP contribution in [-0.2, 0) is 6.42 Å². The molecule has 0 aliphatic heterocycles. The van der Waals surface area contributed by atoms with Gasteiger partial charge < -0.3 is 5.11 Å². The van der Waals surface area contributed by atoms with Crippen LogP contribution in [0.15, 0.2) is 18.2 Å². The van der Waals surface area contributed by atoms with E-state index in [9.17, 15) is 5.11 Å². The molecule has 0 aliphatic rings. The van der Waals surface area contributed by atoms with Crippen LogP contribution in [0.3, 0.4) is 0 Å². The van der Waals surface area contributed by atoms with E-state index in [4.69, 9.17) is 0 Å². The molecule has 1 aromatic carbocycles. The molecule has 1 rings (SSSR count). The third kappa shape index (κ3) is 3.64. The maximum Gasteiger partial charge on any atom is 0.0487 e. The topological polar surface area (TPSA) is 20.2 Å². The maximum atomic E-state index is 9.52. The van der Waals surface area contributed by atoms with Crippen molar-refractivity contribution in [2.24, 2.45) is 5.41 Å². The van der Waals surface area contributed by atoms with Gasteiger partial charge in [-0.2, -0.15) is 0 Å². The molecule has 0 aromatic heterocycles. The summed E-state index contributed by atoms with van der Waals surface area (Å²) in [5.74, 6) is 0. The third-order valence-corrected chi connectivity index (χ3v) is 3.15. The normalized spacial score (nSPS) is 14.8. The van der Waals surface area contributed by atoms with Crippen molar-refractivity contribution in [2.75, 3.05) is 6.61 Å². The first-order valence-electron chi connectivity index (χ1n) is 6.17. The van der Waals surface area contributed by atoms with Crippen molar-refractivity contribution in [3.8, 4) is 0 Å². The number of hydrogen-bond donors (Lipinski definition) is 1. The Morgan fingerprint density at radius 1 is 1.12 bits per heavy atom. The van der Waals surface area contributed by atoms with Gasteiger partial charge >= 0.3 is 0 Å². The summed E-state index contributed by atoms with van der Waals surface area (Å²) in [4.78, 5) is 0. The van der Waals surface area contributed by atoms with Crippen molar-refractivity contribution >= 4 is 0 Å². The molecule has 1 N–H and O–H groups in total. The fourth-order valence-electron chi connectivity index (χ4n) is 2.49. The van der Waals surface area contributed by atoms with Crippen molar-refractivity contribution in [1.82, 2.24) is 0 Å². The molecule has 1 heteroatoms. The van der Waals surface area contributed by atoms with E-state index in [1.807, 2.05) is 0 Å². The van der Waals surface area contributed by atoms with E-state index in [1.165, 1.54) is 16.7 Å². The smallest absolute Gasteiger partial charge is 0.0487 e. The summed E-state index contributed by atoms with van der Waals surface area (Å²) in [7, 11) is 0. The van der Waals surface area contributed by atoms with Crippen LogP contribution in [0.1, 0.15) is 43.4 Å². The van der Waals surface area contributed by atoms with Crippen molar-refractivity contribution in [3.63, 3.8) is 0 Å². The Balaban J connectivity index is 2.85. The highest BCUT2D eigenvalue weighted by atomic mass is 16.3. The quantitative estimate of drug-likeness (QED) is 0.803. The van der Waals surface area contributed by atoms with E-state index in [2.05, 4.69) is 45.9 Å². The largest absolute Gasteiger partial charge is 0.396 e. The van der Waals surface area contributed by atoms with Crippen molar-refractivity contribution in [1.29, 1.82) is 0 Å². The molecule has 0 fully saturated rings. The van der Waals surface area contributed by atoms with Crippen LogP contribution in [0.5, 0.6) is 0 Å². The SMILES string of the molecule is CCCC(C)(CO)Cc1cc(C)cc(C)c1. The zero-order chi connectivity index (χ0) is 12.2. The molecule has 90 valence electrons. The number of aryl methyl sites for hydroxylation is 2. The Kier molecular flexibility index (Phi) is 4.55. The second-order valence-corrected chi connectivity index (χ2v) is 5.39. The van der Waals surface area contributed by atoms with Crippen LogP contribution in [-0.4, -0.2) is 11.7 Å². The Labute approximate surface area is 99.5 Å². The predicted molar refractivity (Wildman–Crippen MR) is 69.7 cm³/mol. The van der Waals surface area contributed by atoms with Gasteiger partial charge in [-0.25, -0.2) is 0 Å². The van der Waals surface area contributed by atoms with Crippen molar-refractivity contribution in [2.45, 2.75) is 47.0 Å². The maximum absolute atomic E-state index is 9.52. The van der Waals surface area contributed by atoms with E-state index in [0.29, 0.717) is 0 Å². The number of hydrogen-bond acceptors (Lipinski definition) is 1. The van der Waals surface area contributed by atoms with Crippen LogP contribution < -0.4 is 0 Å². The van der Waals surface area contributed by atoms with Crippen LogP contribution in [0.4, 0.5) is 0 Å². The molecule has 0 saturated heterocycles. The van der Waals surface area contributed by atoms with Gasteiger partial charge in [0, 0.05) is 6.61 Å². The number of rotatable bonds is 5. The molecule has 0 saturated carbocycles. The number of aliphatic hydroxyl groups is 1.